The Bertz CT molecular complexity index is 665. The maximum atomic E-state index is 11.2. The van der Waals surface area contributed by atoms with Crippen LogP contribution in [0.15, 0.2) is 54.6 Å². The zero-order valence-electron chi connectivity index (χ0n) is 17.2. The summed E-state index contributed by atoms with van der Waals surface area (Å²) in [6.07, 6.45) is 6.84. The lowest BCUT2D eigenvalue weighted by Crippen LogP contribution is -2.35. The van der Waals surface area contributed by atoms with Crippen molar-refractivity contribution >= 4 is 0 Å². The van der Waals surface area contributed by atoms with Crippen LogP contribution in [0.3, 0.4) is 0 Å². The Morgan fingerprint density at radius 2 is 1.61 bits per heavy atom. The third-order valence-corrected chi connectivity index (χ3v) is 5.75. The molecule has 3 rings (SSSR count). The first kappa shape index (κ1) is 20.9. The molecule has 2 aromatic rings. The molecule has 2 atom stereocenters. The van der Waals surface area contributed by atoms with Crippen molar-refractivity contribution in [1.29, 1.82) is 0 Å². The van der Waals surface area contributed by atoms with Gasteiger partial charge in [-0.1, -0.05) is 68.7 Å². The molecule has 3 nitrogen and oxygen atoms in total. The minimum Gasteiger partial charge on any atom is -0.494 e. The van der Waals surface area contributed by atoms with E-state index in [1.165, 1.54) is 37.7 Å². The van der Waals surface area contributed by atoms with E-state index in [2.05, 4.69) is 36.1 Å². The van der Waals surface area contributed by atoms with Gasteiger partial charge in [-0.2, -0.15) is 0 Å². The van der Waals surface area contributed by atoms with Gasteiger partial charge >= 0.3 is 0 Å². The van der Waals surface area contributed by atoms with E-state index in [0.717, 1.165) is 44.0 Å². The Morgan fingerprint density at radius 3 is 2.29 bits per heavy atom. The summed E-state index contributed by atoms with van der Waals surface area (Å²) in [7, 11) is 0. The van der Waals surface area contributed by atoms with Crippen molar-refractivity contribution in [3.63, 3.8) is 0 Å². The number of hydrogen-bond donors (Lipinski definition) is 1. The fourth-order valence-corrected chi connectivity index (χ4v) is 4.04. The number of aliphatic hydroxyl groups excluding tert-OH is 1. The molecule has 0 unspecified atom stereocenters. The molecule has 0 saturated carbocycles. The maximum absolute atomic E-state index is 11.2. The molecule has 28 heavy (non-hydrogen) atoms. The average Bonchev–Trinajstić information content (AvgIpc) is 2.76. The van der Waals surface area contributed by atoms with Crippen LogP contribution < -0.4 is 4.74 Å². The fourth-order valence-electron chi connectivity index (χ4n) is 4.04. The van der Waals surface area contributed by atoms with Gasteiger partial charge in [0.15, 0.2) is 0 Å². The number of nitrogens with zero attached hydrogens (tertiary/aromatic N) is 1. The van der Waals surface area contributed by atoms with Gasteiger partial charge in [0.2, 0.25) is 0 Å². The number of unbranched alkanes of at least 4 members (excludes halogenated alkanes) is 2. The highest BCUT2D eigenvalue weighted by atomic mass is 16.5. The van der Waals surface area contributed by atoms with Gasteiger partial charge < -0.3 is 14.7 Å². The number of hydrogen-bond acceptors (Lipinski definition) is 3. The molecule has 0 bridgehead atoms. The lowest BCUT2D eigenvalue weighted by atomic mass is 9.88. The van der Waals surface area contributed by atoms with E-state index >= 15 is 0 Å². The Hall–Kier alpha value is -1.84. The average molecular weight is 382 g/mol. The van der Waals surface area contributed by atoms with Crippen LogP contribution in [0.4, 0.5) is 0 Å². The molecule has 2 aromatic carbocycles. The molecule has 0 radical (unpaired) electrons. The molecule has 1 fully saturated rings. The van der Waals surface area contributed by atoms with E-state index in [-0.39, 0.29) is 5.92 Å². The summed E-state index contributed by atoms with van der Waals surface area (Å²) in [5, 5.41) is 11.2. The molecule has 1 heterocycles. The summed E-state index contributed by atoms with van der Waals surface area (Å²) < 4.78 is 5.82. The predicted octanol–water partition coefficient (Wildman–Crippen LogP) is 5.56. The van der Waals surface area contributed by atoms with Gasteiger partial charge in [-0.05, 0) is 55.6 Å². The Balaban J connectivity index is 1.68. The number of ether oxygens (including phenoxy) is 1. The molecule has 0 spiro atoms. The second-order valence-corrected chi connectivity index (χ2v) is 7.95. The van der Waals surface area contributed by atoms with E-state index < -0.39 is 6.10 Å². The highest BCUT2D eigenvalue weighted by Crippen LogP contribution is 2.33. The first-order valence-corrected chi connectivity index (χ1v) is 11.0. The number of benzene rings is 2. The number of aliphatic hydroxyl groups is 1. The van der Waals surface area contributed by atoms with Crippen LogP contribution in [0, 0.1) is 0 Å². The zero-order valence-corrected chi connectivity index (χ0v) is 17.2. The van der Waals surface area contributed by atoms with Crippen molar-refractivity contribution in [1.82, 2.24) is 4.90 Å². The normalized spacial score (nSPS) is 17.2. The zero-order chi connectivity index (χ0) is 19.6. The summed E-state index contributed by atoms with van der Waals surface area (Å²) in [5.74, 6) is 0.968. The first-order valence-electron chi connectivity index (χ1n) is 11.0. The van der Waals surface area contributed by atoms with Crippen molar-refractivity contribution in [2.75, 3.05) is 26.2 Å². The van der Waals surface area contributed by atoms with Crippen molar-refractivity contribution in [2.45, 2.75) is 57.5 Å². The molecule has 0 amide bonds. The van der Waals surface area contributed by atoms with E-state index in [1.54, 1.807) is 0 Å². The topological polar surface area (TPSA) is 32.7 Å². The monoisotopic (exact) mass is 381 g/mol. The molecule has 0 aromatic heterocycles. The van der Waals surface area contributed by atoms with Gasteiger partial charge in [-0.25, -0.2) is 0 Å². The van der Waals surface area contributed by atoms with E-state index in [1.807, 2.05) is 30.3 Å². The molecule has 1 N–H and O–H groups in total. The fraction of sp³-hybridized carbons (Fsp3) is 0.520. The van der Waals surface area contributed by atoms with Gasteiger partial charge in [0, 0.05) is 12.5 Å². The number of piperidine rings is 1. The summed E-state index contributed by atoms with van der Waals surface area (Å²) >= 11 is 0. The van der Waals surface area contributed by atoms with Crippen LogP contribution in [0.1, 0.15) is 68.6 Å². The minimum atomic E-state index is -0.515. The van der Waals surface area contributed by atoms with Crippen molar-refractivity contribution in [2.24, 2.45) is 0 Å². The third kappa shape index (κ3) is 6.08. The van der Waals surface area contributed by atoms with E-state index in [4.69, 9.17) is 4.74 Å². The minimum absolute atomic E-state index is 0.0793. The molecule has 152 valence electrons. The summed E-state index contributed by atoms with van der Waals surface area (Å²) in [6.45, 7) is 6.14. The quantitative estimate of drug-likeness (QED) is 0.547. The standard InChI is InChI=1S/C25H35NO2/c1-2-3-10-19-28-23-15-13-22(14-16-23)25(27)24(21-11-6-4-7-12-21)20-26-17-8-5-9-18-26/h4,6-7,11-16,24-25,27H,2-3,5,8-10,17-20H2,1H3/t24-,25+/m0/s1. The Morgan fingerprint density at radius 1 is 0.893 bits per heavy atom. The van der Waals surface area contributed by atoms with Gasteiger partial charge in [0.1, 0.15) is 5.75 Å². The second kappa shape index (κ2) is 11.2. The van der Waals surface area contributed by atoms with Gasteiger partial charge in [0.05, 0.1) is 12.7 Å². The maximum Gasteiger partial charge on any atom is 0.119 e. The predicted molar refractivity (Wildman–Crippen MR) is 116 cm³/mol. The van der Waals surface area contributed by atoms with E-state index in [0.29, 0.717) is 0 Å². The van der Waals surface area contributed by atoms with Crippen molar-refractivity contribution < 1.29 is 9.84 Å². The lowest BCUT2D eigenvalue weighted by molar-refractivity contribution is 0.109. The SMILES string of the molecule is CCCCCOc1ccc([C@@H](O)[C@@H](CN2CCCCC2)c2ccccc2)cc1. The largest absolute Gasteiger partial charge is 0.494 e. The van der Waals surface area contributed by atoms with Gasteiger partial charge in [-0.15, -0.1) is 0 Å². The van der Waals surface area contributed by atoms with Crippen molar-refractivity contribution in [3.8, 4) is 5.75 Å². The van der Waals surface area contributed by atoms with Gasteiger partial charge in [-0.3, -0.25) is 0 Å². The van der Waals surface area contributed by atoms with Crippen LogP contribution in [0.2, 0.25) is 0 Å². The molecule has 1 aliphatic heterocycles. The highest BCUT2D eigenvalue weighted by molar-refractivity contribution is 5.32. The number of rotatable bonds is 10. The second-order valence-electron chi connectivity index (χ2n) is 7.95. The van der Waals surface area contributed by atoms with Crippen LogP contribution >= 0.6 is 0 Å². The molecule has 1 aliphatic rings. The lowest BCUT2D eigenvalue weighted by Gasteiger charge is -2.33. The Labute approximate surface area is 170 Å². The summed E-state index contributed by atoms with van der Waals surface area (Å²) in [4.78, 5) is 2.51. The van der Waals surface area contributed by atoms with Crippen LogP contribution in [0.25, 0.3) is 0 Å². The van der Waals surface area contributed by atoms with E-state index in [9.17, 15) is 5.11 Å². The summed E-state index contributed by atoms with van der Waals surface area (Å²) in [5.41, 5.74) is 2.17. The highest BCUT2D eigenvalue weighted by Gasteiger charge is 2.26. The van der Waals surface area contributed by atoms with Crippen LogP contribution in [0.5, 0.6) is 5.75 Å². The summed E-state index contributed by atoms with van der Waals surface area (Å²) in [6, 6.07) is 18.5. The smallest absolute Gasteiger partial charge is 0.119 e. The van der Waals surface area contributed by atoms with Crippen LogP contribution in [-0.2, 0) is 0 Å². The molecule has 3 heteroatoms. The number of likely N-dealkylation sites (tertiary alicyclic amines) is 1. The molecule has 1 saturated heterocycles. The molecular formula is C25H35NO2. The molecule has 0 aliphatic carbocycles. The molecular weight excluding hydrogens is 346 g/mol. The first-order chi connectivity index (χ1) is 13.8. The van der Waals surface area contributed by atoms with Crippen LogP contribution in [-0.4, -0.2) is 36.2 Å². The van der Waals surface area contributed by atoms with Gasteiger partial charge in [0.25, 0.3) is 0 Å². The Kier molecular flexibility index (Phi) is 8.38. The van der Waals surface area contributed by atoms with Crippen molar-refractivity contribution in [3.05, 3.63) is 65.7 Å². The third-order valence-electron chi connectivity index (χ3n) is 5.75.